The lowest BCUT2D eigenvalue weighted by atomic mass is 9.99. The van der Waals surface area contributed by atoms with Crippen molar-refractivity contribution in [3.63, 3.8) is 0 Å². The molecule has 4 aromatic rings. The molecule has 0 aliphatic carbocycles. The third-order valence-corrected chi connectivity index (χ3v) is 6.28. The summed E-state index contributed by atoms with van der Waals surface area (Å²) in [5.74, 6) is 0.902. The van der Waals surface area contributed by atoms with Crippen LogP contribution < -0.4 is 20.1 Å². The molecule has 0 spiro atoms. The molecule has 8 nitrogen and oxygen atoms in total. The highest BCUT2D eigenvalue weighted by Crippen LogP contribution is 2.37. The van der Waals surface area contributed by atoms with Crippen LogP contribution in [0.1, 0.15) is 18.2 Å². The van der Waals surface area contributed by atoms with Gasteiger partial charge in [-0.1, -0.05) is 12.1 Å². The molecule has 2 N–H and O–H groups in total. The van der Waals surface area contributed by atoms with Crippen LogP contribution in [0, 0.1) is 0 Å². The van der Waals surface area contributed by atoms with Crippen LogP contribution in [0.15, 0.2) is 58.5 Å². The van der Waals surface area contributed by atoms with E-state index in [1.165, 1.54) is 17.4 Å². The van der Waals surface area contributed by atoms with E-state index >= 15 is 0 Å². The van der Waals surface area contributed by atoms with Crippen molar-refractivity contribution >= 4 is 44.8 Å². The van der Waals surface area contributed by atoms with Gasteiger partial charge in [0.25, 0.3) is 0 Å². The van der Waals surface area contributed by atoms with Crippen molar-refractivity contribution in [1.82, 2.24) is 10.3 Å². The van der Waals surface area contributed by atoms with Crippen LogP contribution in [0.3, 0.4) is 0 Å². The molecule has 2 heterocycles. The Morgan fingerprint density at radius 1 is 1.14 bits per heavy atom. The number of rotatable bonds is 8. The topological polar surface area (TPSA) is 103 Å². The summed E-state index contributed by atoms with van der Waals surface area (Å²) in [6.07, 6.45) is 3.37. The molecular formula is C26H25N3O5S. The number of carbonyl (C=O) groups is 2. The summed E-state index contributed by atoms with van der Waals surface area (Å²) in [5, 5.41) is 8.39. The number of aromatic nitrogens is 1. The predicted molar refractivity (Wildman–Crippen MR) is 137 cm³/mol. The van der Waals surface area contributed by atoms with Crippen LogP contribution >= 0.6 is 11.3 Å². The molecule has 0 unspecified atom stereocenters. The molecule has 0 aliphatic rings. The van der Waals surface area contributed by atoms with Crippen molar-refractivity contribution in [2.24, 2.45) is 0 Å². The van der Waals surface area contributed by atoms with Gasteiger partial charge in [0.1, 0.15) is 17.1 Å². The fourth-order valence-corrected chi connectivity index (χ4v) is 4.35. The Kier molecular flexibility index (Phi) is 7.17. The average Bonchev–Trinajstić information content (AvgIpc) is 3.49. The maximum atomic E-state index is 12.7. The number of methoxy groups -OCH3 is 2. The number of ether oxygens (including phenoxy) is 2. The number of hydrogen-bond donors (Lipinski definition) is 2. The van der Waals surface area contributed by atoms with Gasteiger partial charge >= 0.3 is 0 Å². The Balaban J connectivity index is 1.60. The number of anilines is 1. The van der Waals surface area contributed by atoms with Gasteiger partial charge in [-0.15, -0.1) is 11.3 Å². The zero-order valence-corrected chi connectivity index (χ0v) is 20.6. The average molecular weight is 492 g/mol. The second-order valence-corrected chi connectivity index (χ2v) is 8.60. The zero-order valence-electron chi connectivity index (χ0n) is 19.8. The number of fused-ring (bicyclic) bond motifs is 1. The smallest absolute Gasteiger partial charge is 0.250 e. The van der Waals surface area contributed by atoms with Gasteiger partial charge in [-0.05, 0) is 36.3 Å². The van der Waals surface area contributed by atoms with Crippen molar-refractivity contribution < 1.29 is 23.5 Å². The molecule has 0 fully saturated rings. The van der Waals surface area contributed by atoms with Gasteiger partial charge in [-0.3, -0.25) is 14.9 Å². The van der Waals surface area contributed by atoms with Crippen molar-refractivity contribution in [1.29, 1.82) is 0 Å². The van der Waals surface area contributed by atoms with Gasteiger partial charge in [-0.25, -0.2) is 4.98 Å². The second kappa shape index (κ2) is 10.4. The first-order chi connectivity index (χ1) is 16.9. The minimum atomic E-state index is -0.326. The number of benzene rings is 2. The van der Waals surface area contributed by atoms with E-state index in [1.54, 1.807) is 32.9 Å². The van der Waals surface area contributed by atoms with E-state index in [1.807, 2.05) is 43.3 Å². The molecule has 4 rings (SSSR count). The largest absolute Gasteiger partial charge is 0.497 e. The first kappa shape index (κ1) is 24.0. The molecule has 2 amide bonds. The third-order valence-electron chi connectivity index (χ3n) is 5.47. The number of hydrogen-bond acceptors (Lipinski definition) is 7. The number of likely N-dealkylation sites (N-methyl/N-ethyl adjacent to an activating group) is 1. The van der Waals surface area contributed by atoms with Gasteiger partial charge in [-0.2, -0.15) is 0 Å². The van der Waals surface area contributed by atoms with Crippen LogP contribution in [0.25, 0.3) is 27.7 Å². The lowest BCUT2D eigenvalue weighted by Gasteiger charge is -2.10. The predicted octanol–water partition coefficient (Wildman–Crippen LogP) is 4.90. The number of furan rings is 1. The van der Waals surface area contributed by atoms with E-state index in [9.17, 15) is 9.59 Å². The van der Waals surface area contributed by atoms with Crippen LogP contribution in [0.5, 0.6) is 11.5 Å². The molecule has 0 radical (unpaired) electrons. The van der Waals surface area contributed by atoms with E-state index in [2.05, 4.69) is 15.6 Å². The van der Waals surface area contributed by atoms with Gasteiger partial charge < -0.3 is 19.2 Å². The first-order valence-electron chi connectivity index (χ1n) is 10.8. The first-order valence-corrected chi connectivity index (χ1v) is 11.7. The maximum Gasteiger partial charge on any atom is 0.250 e. The minimum Gasteiger partial charge on any atom is -0.497 e. The van der Waals surface area contributed by atoms with Gasteiger partial charge in [0.05, 0.1) is 32.6 Å². The number of carbonyl (C=O) groups excluding carboxylic acids is 2. The number of allylic oxidation sites excluding steroid dienone is 1. The molecule has 0 bridgehead atoms. The Morgan fingerprint density at radius 2 is 1.91 bits per heavy atom. The molecule has 35 heavy (non-hydrogen) atoms. The molecule has 0 saturated heterocycles. The fourth-order valence-electron chi connectivity index (χ4n) is 3.64. The Hall–Kier alpha value is -4.11. The van der Waals surface area contributed by atoms with Crippen molar-refractivity contribution in [3.05, 3.63) is 65.4 Å². The lowest BCUT2D eigenvalue weighted by Crippen LogP contribution is -2.20. The highest BCUT2D eigenvalue weighted by molar-refractivity contribution is 7.14. The monoisotopic (exact) mass is 491 g/mol. The fraction of sp³-hybridized carbons (Fsp3) is 0.192. The summed E-state index contributed by atoms with van der Waals surface area (Å²) in [5.41, 5.74) is 4.67. The SMILES string of the molecule is CNC(=O)Cc1csc(NC(=O)/C=C(\C)c2cc3c(-c4ccc(OC)cc4)coc3cc2OC)n1. The normalized spacial score (nSPS) is 11.4. The van der Waals surface area contributed by atoms with Crippen LogP contribution in [0.2, 0.25) is 0 Å². The second-order valence-electron chi connectivity index (χ2n) is 7.74. The van der Waals surface area contributed by atoms with Crippen LogP contribution in [-0.4, -0.2) is 38.1 Å². The van der Waals surface area contributed by atoms with Gasteiger partial charge in [0.2, 0.25) is 11.8 Å². The van der Waals surface area contributed by atoms with Crippen molar-refractivity contribution in [2.45, 2.75) is 13.3 Å². The number of nitrogens with zero attached hydrogens (tertiary/aromatic N) is 1. The molecule has 0 saturated carbocycles. The summed E-state index contributed by atoms with van der Waals surface area (Å²) in [6, 6.07) is 11.5. The molecule has 0 aliphatic heterocycles. The molecule has 180 valence electrons. The molecule has 2 aromatic carbocycles. The quantitative estimate of drug-likeness (QED) is 0.340. The summed E-state index contributed by atoms with van der Waals surface area (Å²) >= 11 is 1.27. The van der Waals surface area contributed by atoms with E-state index in [0.29, 0.717) is 27.7 Å². The summed E-state index contributed by atoms with van der Waals surface area (Å²) < 4.78 is 16.6. The number of nitrogens with one attached hydrogen (secondary N) is 2. The van der Waals surface area contributed by atoms with E-state index in [-0.39, 0.29) is 18.2 Å². The molecule has 0 atom stereocenters. The highest BCUT2D eigenvalue weighted by atomic mass is 32.1. The number of thiazole rings is 1. The zero-order chi connectivity index (χ0) is 24.9. The minimum absolute atomic E-state index is 0.139. The summed E-state index contributed by atoms with van der Waals surface area (Å²) in [7, 11) is 4.78. The Labute approximate surface area is 206 Å². The van der Waals surface area contributed by atoms with Crippen molar-refractivity contribution in [2.75, 3.05) is 26.6 Å². The van der Waals surface area contributed by atoms with Gasteiger partial charge in [0.15, 0.2) is 5.13 Å². The molecular weight excluding hydrogens is 466 g/mol. The molecule has 9 heteroatoms. The maximum absolute atomic E-state index is 12.7. The summed E-state index contributed by atoms with van der Waals surface area (Å²) in [6.45, 7) is 1.84. The van der Waals surface area contributed by atoms with E-state index in [0.717, 1.165) is 27.8 Å². The highest BCUT2D eigenvalue weighted by Gasteiger charge is 2.15. The van der Waals surface area contributed by atoms with E-state index < -0.39 is 0 Å². The van der Waals surface area contributed by atoms with E-state index in [4.69, 9.17) is 13.9 Å². The van der Waals surface area contributed by atoms with Crippen molar-refractivity contribution in [3.8, 4) is 22.6 Å². The van der Waals surface area contributed by atoms with Gasteiger partial charge in [0, 0.05) is 41.1 Å². The third kappa shape index (κ3) is 5.36. The van der Waals surface area contributed by atoms with Crippen LogP contribution in [-0.2, 0) is 16.0 Å². The molecule has 2 aromatic heterocycles. The standard InChI is InChI=1S/C26H25N3O5S/c1-15(9-25(31)29-26-28-17(14-35-26)10-24(30)27-2)19-11-20-21(13-34-23(20)12-22(19)33-4)16-5-7-18(32-3)8-6-16/h5-9,11-14H,10H2,1-4H3,(H,27,30)(H,28,29,31)/b15-9+. The Bertz CT molecular complexity index is 1400. The van der Waals surface area contributed by atoms with Crippen LogP contribution in [0.4, 0.5) is 5.13 Å². The Morgan fingerprint density at radius 3 is 2.60 bits per heavy atom. The summed E-state index contributed by atoms with van der Waals surface area (Å²) in [4.78, 5) is 28.5. The lowest BCUT2D eigenvalue weighted by molar-refractivity contribution is -0.120. The number of amides is 2.